The van der Waals surface area contributed by atoms with E-state index in [1.54, 1.807) is 6.07 Å². The van der Waals surface area contributed by atoms with Gasteiger partial charge in [0.15, 0.2) is 5.41 Å². The number of non-ortho nitro benzene ring substituents is 1. The molecule has 10 heteroatoms. The maximum atomic E-state index is 13.3. The Bertz CT molecular complexity index is 892. The van der Waals surface area contributed by atoms with Crippen LogP contribution in [0.25, 0.3) is 0 Å². The summed E-state index contributed by atoms with van der Waals surface area (Å²) in [5.74, 6) is -1.08. The van der Waals surface area contributed by atoms with Crippen LogP contribution in [-0.4, -0.2) is 79.4 Å². The van der Waals surface area contributed by atoms with E-state index < -0.39 is 34.2 Å². The summed E-state index contributed by atoms with van der Waals surface area (Å²) in [4.78, 5) is 54.9. The highest BCUT2D eigenvalue weighted by Crippen LogP contribution is 2.46. The van der Waals surface area contributed by atoms with Gasteiger partial charge >= 0.3 is 6.03 Å². The van der Waals surface area contributed by atoms with Crippen molar-refractivity contribution in [1.82, 2.24) is 9.80 Å². The number of rotatable bonds is 1. The lowest BCUT2D eigenvalue weighted by Crippen LogP contribution is -3.14. The van der Waals surface area contributed by atoms with Crippen molar-refractivity contribution in [3.05, 3.63) is 33.9 Å². The Hall–Kier alpha value is -3.01. The number of carbonyl (C=O) groups is 3. The van der Waals surface area contributed by atoms with Crippen molar-refractivity contribution in [1.29, 1.82) is 0 Å². The second kappa shape index (κ2) is 5.99. The fraction of sp³-hybridized carbons (Fsp3) is 0.500. The molecule has 3 aliphatic heterocycles. The predicted octanol–water partition coefficient (Wildman–Crippen LogP) is -1.11. The fourth-order valence-electron chi connectivity index (χ4n) is 4.79. The third-order valence-electron chi connectivity index (χ3n) is 6.27. The summed E-state index contributed by atoms with van der Waals surface area (Å²) in [6, 6.07) is 3.51. The molecule has 0 aromatic heterocycles. The number of piperazine rings is 1. The van der Waals surface area contributed by atoms with Crippen molar-refractivity contribution < 1.29 is 24.2 Å². The number of urea groups is 1. The average molecular weight is 388 g/mol. The van der Waals surface area contributed by atoms with Gasteiger partial charge in [-0.1, -0.05) is 0 Å². The Kier molecular flexibility index (Phi) is 3.93. The van der Waals surface area contributed by atoms with E-state index in [-0.39, 0.29) is 12.1 Å². The van der Waals surface area contributed by atoms with Gasteiger partial charge in [0.25, 0.3) is 5.69 Å². The molecular formula is C18H22N5O5+. The summed E-state index contributed by atoms with van der Waals surface area (Å²) in [5, 5.41) is 11.2. The smallest absolute Gasteiger partial charge is 0.332 e. The first-order valence-electron chi connectivity index (χ1n) is 9.14. The van der Waals surface area contributed by atoms with E-state index in [1.807, 2.05) is 11.9 Å². The number of imide groups is 2. The number of quaternary nitrogens is 1. The molecule has 1 N–H and O–H groups in total. The Balaban J connectivity index is 1.92. The van der Waals surface area contributed by atoms with Gasteiger partial charge in [-0.3, -0.25) is 29.5 Å². The number of nitro benzene ring substituents is 1. The van der Waals surface area contributed by atoms with E-state index in [4.69, 9.17) is 0 Å². The van der Waals surface area contributed by atoms with E-state index in [0.29, 0.717) is 18.7 Å². The highest BCUT2D eigenvalue weighted by atomic mass is 16.6. The second-order valence-electron chi connectivity index (χ2n) is 7.85. The van der Waals surface area contributed by atoms with Crippen molar-refractivity contribution in [2.45, 2.75) is 12.5 Å². The van der Waals surface area contributed by atoms with Crippen molar-refractivity contribution in [3.8, 4) is 0 Å². The zero-order valence-corrected chi connectivity index (χ0v) is 16.0. The number of hydrogen-bond acceptors (Lipinski definition) is 6. The number of nitrogens with one attached hydrogen (secondary N) is 1. The lowest BCUT2D eigenvalue weighted by atomic mass is 9.67. The van der Waals surface area contributed by atoms with Crippen LogP contribution in [0, 0.1) is 15.5 Å². The molecule has 1 aromatic carbocycles. The van der Waals surface area contributed by atoms with Crippen LogP contribution in [0.15, 0.2) is 18.2 Å². The molecule has 2 atom stereocenters. The molecule has 3 aliphatic rings. The minimum Gasteiger partial charge on any atom is -0.355 e. The molecule has 0 saturated carbocycles. The monoisotopic (exact) mass is 388 g/mol. The maximum Gasteiger partial charge on any atom is 0.332 e. The van der Waals surface area contributed by atoms with Crippen LogP contribution in [0.4, 0.5) is 16.2 Å². The quantitative estimate of drug-likeness (QED) is 0.371. The predicted molar refractivity (Wildman–Crippen MR) is 97.9 cm³/mol. The molecule has 0 bridgehead atoms. The van der Waals surface area contributed by atoms with Gasteiger partial charge in [0.1, 0.15) is 6.04 Å². The Morgan fingerprint density at radius 3 is 2.43 bits per heavy atom. The molecule has 2 fully saturated rings. The van der Waals surface area contributed by atoms with E-state index >= 15 is 0 Å². The number of likely N-dealkylation sites (N-methyl/N-ethyl adjacent to an activating group) is 1. The number of anilines is 1. The van der Waals surface area contributed by atoms with Crippen LogP contribution >= 0.6 is 0 Å². The Morgan fingerprint density at radius 2 is 1.82 bits per heavy atom. The molecule has 148 valence electrons. The van der Waals surface area contributed by atoms with Crippen LogP contribution in [0.2, 0.25) is 0 Å². The largest absolute Gasteiger partial charge is 0.355 e. The third kappa shape index (κ3) is 2.27. The van der Waals surface area contributed by atoms with Gasteiger partial charge in [0.2, 0.25) is 11.8 Å². The minimum absolute atomic E-state index is 0.0398. The van der Waals surface area contributed by atoms with Crippen LogP contribution in [0.1, 0.15) is 5.56 Å². The molecule has 28 heavy (non-hydrogen) atoms. The van der Waals surface area contributed by atoms with Gasteiger partial charge < -0.3 is 9.80 Å². The first-order chi connectivity index (χ1) is 13.2. The van der Waals surface area contributed by atoms with Crippen molar-refractivity contribution >= 4 is 29.2 Å². The molecule has 1 spiro atoms. The Morgan fingerprint density at radius 1 is 1.18 bits per heavy atom. The van der Waals surface area contributed by atoms with Crippen LogP contribution in [0.5, 0.6) is 0 Å². The average Bonchev–Trinajstić information content (AvgIpc) is 2.68. The summed E-state index contributed by atoms with van der Waals surface area (Å²) < 4.78 is 0. The van der Waals surface area contributed by atoms with Gasteiger partial charge in [-0.05, 0) is 11.6 Å². The maximum absolute atomic E-state index is 13.3. The van der Waals surface area contributed by atoms with Crippen molar-refractivity contribution in [3.63, 3.8) is 0 Å². The number of barbiturate groups is 1. The summed E-state index contributed by atoms with van der Waals surface area (Å²) in [6.07, 6.45) is 0.0398. The molecule has 1 aromatic rings. The molecule has 4 amide bonds. The number of amides is 4. The van der Waals surface area contributed by atoms with E-state index in [0.717, 1.165) is 22.0 Å². The molecule has 1 unspecified atom stereocenters. The summed E-state index contributed by atoms with van der Waals surface area (Å²) in [6.45, 7) is 1.99. The number of benzene rings is 1. The first-order valence-corrected chi connectivity index (χ1v) is 9.14. The number of nitrogens with zero attached hydrogens (tertiary/aromatic N) is 4. The lowest BCUT2D eigenvalue weighted by Gasteiger charge is -2.54. The van der Waals surface area contributed by atoms with Gasteiger partial charge in [0, 0.05) is 38.3 Å². The molecule has 3 heterocycles. The molecule has 0 radical (unpaired) electrons. The van der Waals surface area contributed by atoms with Crippen LogP contribution in [0.3, 0.4) is 0 Å². The van der Waals surface area contributed by atoms with E-state index in [1.165, 1.54) is 31.1 Å². The van der Waals surface area contributed by atoms with Crippen molar-refractivity contribution in [2.75, 3.05) is 45.7 Å². The topological polar surface area (TPSA) is 109 Å². The standard InChI is InChI=1S/C18H21N5O5/c1-19-6-7-22-13-5-4-12(23(27)28)8-11(13)9-18(14(22)10-19)15(24)20(2)17(26)21(3)16(18)25/h4-5,8,14H,6-7,9-10H2,1-3H3/p+1/t14-/m0/s1. The number of nitro groups is 1. The molecule has 2 saturated heterocycles. The number of carbonyl (C=O) groups excluding carboxylic acids is 3. The molecule has 0 aliphatic carbocycles. The molecular weight excluding hydrogens is 366 g/mol. The highest BCUT2D eigenvalue weighted by molar-refractivity contribution is 6.20. The summed E-state index contributed by atoms with van der Waals surface area (Å²) in [7, 11) is 4.76. The first kappa shape index (κ1) is 18.4. The van der Waals surface area contributed by atoms with Gasteiger partial charge in [-0.15, -0.1) is 0 Å². The van der Waals surface area contributed by atoms with Crippen LogP contribution in [-0.2, 0) is 16.0 Å². The SMILES string of the molecule is CN1C(=O)N(C)C(=O)C2(Cc3cc([N+](=O)[O-])ccc3N3CC[NH+](C)C[C@H]32)C1=O. The van der Waals surface area contributed by atoms with E-state index in [2.05, 4.69) is 0 Å². The van der Waals surface area contributed by atoms with Gasteiger partial charge in [-0.25, -0.2) is 4.79 Å². The summed E-state index contributed by atoms with van der Waals surface area (Å²) >= 11 is 0. The normalized spacial score (nSPS) is 26.4. The zero-order valence-electron chi connectivity index (χ0n) is 16.0. The summed E-state index contributed by atoms with van der Waals surface area (Å²) in [5.41, 5.74) is -0.151. The van der Waals surface area contributed by atoms with Crippen LogP contribution < -0.4 is 9.80 Å². The molecule has 4 rings (SSSR count). The second-order valence-corrected chi connectivity index (χ2v) is 7.85. The fourth-order valence-corrected chi connectivity index (χ4v) is 4.79. The lowest BCUT2D eigenvalue weighted by molar-refractivity contribution is -0.883. The van der Waals surface area contributed by atoms with Gasteiger partial charge in [0.05, 0.1) is 31.6 Å². The zero-order chi connectivity index (χ0) is 20.4. The minimum atomic E-state index is -1.47. The molecule has 10 nitrogen and oxygen atoms in total. The van der Waals surface area contributed by atoms with Crippen molar-refractivity contribution in [2.24, 2.45) is 5.41 Å². The Labute approximate surface area is 161 Å². The van der Waals surface area contributed by atoms with Gasteiger partial charge in [-0.2, -0.15) is 0 Å². The number of fused-ring (bicyclic) bond motifs is 4. The highest BCUT2D eigenvalue weighted by Gasteiger charge is 2.64. The third-order valence-corrected chi connectivity index (χ3v) is 6.27. The van der Waals surface area contributed by atoms with E-state index in [9.17, 15) is 24.5 Å². The number of hydrogen-bond donors (Lipinski definition) is 1.